The van der Waals surface area contributed by atoms with Gasteiger partial charge in [-0.3, -0.25) is 4.79 Å². The number of amides is 1. The number of nitrogens with one attached hydrogen (secondary N) is 1. The van der Waals surface area contributed by atoms with E-state index in [1.165, 1.54) is 16.5 Å². The SMILES string of the molecule is CC(=O)NCCn1ccc2ccc3c(c21)CCO3. The monoisotopic (exact) mass is 244 g/mol. The molecule has 1 N–H and O–H groups in total. The number of ether oxygens (including phenoxy) is 1. The lowest BCUT2D eigenvalue weighted by Gasteiger charge is -2.08. The number of fused-ring (bicyclic) bond motifs is 3. The van der Waals surface area contributed by atoms with Crippen molar-refractivity contribution in [3.05, 3.63) is 30.0 Å². The molecule has 2 aromatic rings. The van der Waals surface area contributed by atoms with Crippen LogP contribution in [0, 0.1) is 0 Å². The zero-order valence-corrected chi connectivity index (χ0v) is 10.4. The van der Waals surface area contributed by atoms with E-state index in [9.17, 15) is 4.79 Å². The van der Waals surface area contributed by atoms with Crippen LogP contribution in [0.15, 0.2) is 24.4 Å². The van der Waals surface area contributed by atoms with Crippen molar-refractivity contribution < 1.29 is 9.53 Å². The van der Waals surface area contributed by atoms with Crippen molar-refractivity contribution in [3.8, 4) is 5.75 Å². The minimum Gasteiger partial charge on any atom is -0.493 e. The van der Waals surface area contributed by atoms with Crippen molar-refractivity contribution in [2.45, 2.75) is 19.9 Å². The molecule has 0 fully saturated rings. The Kier molecular flexibility index (Phi) is 2.70. The molecule has 0 saturated heterocycles. The van der Waals surface area contributed by atoms with E-state index in [0.717, 1.165) is 25.3 Å². The molecule has 1 aromatic carbocycles. The van der Waals surface area contributed by atoms with E-state index in [-0.39, 0.29) is 5.91 Å². The first-order chi connectivity index (χ1) is 8.75. The Hall–Kier alpha value is -1.97. The zero-order valence-electron chi connectivity index (χ0n) is 10.4. The Balaban J connectivity index is 1.93. The maximum absolute atomic E-state index is 10.9. The maximum Gasteiger partial charge on any atom is 0.216 e. The van der Waals surface area contributed by atoms with Crippen LogP contribution in [0.5, 0.6) is 5.75 Å². The highest BCUT2D eigenvalue weighted by Crippen LogP contribution is 2.32. The number of nitrogens with zero attached hydrogens (tertiary/aromatic N) is 1. The van der Waals surface area contributed by atoms with Gasteiger partial charge in [0.25, 0.3) is 0 Å². The summed E-state index contributed by atoms with van der Waals surface area (Å²) in [6.45, 7) is 3.76. The van der Waals surface area contributed by atoms with Crippen molar-refractivity contribution in [1.29, 1.82) is 0 Å². The Morgan fingerprint density at radius 2 is 2.33 bits per heavy atom. The molecule has 0 radical (unpaired) electrons. The fraction of sp³-hybridized carbons (Fsp3) is 0.357. The summed E-state index contributed by atoms with van der Waals surface area (Å²) >= 11 is 0. The van der Waals surface area contributed by atoms with Crippen molar-refractivity contribution >= 4 is 16.8 Å². The molecule has 3 rings (SSSR count). The number of benzene rings is 1. The Labute approximate surface area is 106 Å². The largest absolute Gasteiger partial charge is 0.493 e. The molecule has 1 aliphatic rings. The van der Waals surface area contributed by atoms with Crippen LogP contribution in [0.2, 0.25) is 0 Å². The van der Waals surface area contributed by atoms with Crippen LogP contribution in [0.1, 0.15) is 12.5 Å². The zero-order chi connectivity index (χ0) is 12.5. The van der Waals surface area contributed by atoms with Crippen molar-refractivity contribution in [1.82, 2.24) is 9.88 Å². The summed E-state index contributed by atoms with van der Waals surface area (Å²) < 4.78 is 7.78. The third-order valence-electron chi connectivity index (χ3n) is 3.33. The minimum absolute atomic E-state index is 0.0139. The lowest BCUT2D eigenvalue weighted by atomic mass is 10.1. The summed E-state index contributed by atoms with van der Waals surface area (Å²) in [6.07, 6.45) is 3.04. The van der Waals surface area contributed by atoms with Crippen LogP contribution in [-0.4, -0.2) is 23.6 Å². The number of aromatic nitrogens is 1. The average Bonchev–Trinajstić information content (AvgIpc) is 2.93. The van der Waals surface area contributed by atoms with Gasteiger partial charge in [0.1, 0.15) is 5.75 Å². The van der Waals surface area contributed by atoms with Crippen LogP contribution in [0.25, 0.3) is 10.9 Å². The van der Waals surface area contributed by atoms with Crippen LogP contribution in [0.3, 0.4) is 0 Å². The van der Waals surface area contributed by atoms with Crippen LogP contribution >= 0.6 is 0 Å². The fourth-order valence-corrected chi connectivity index (χ4v) is 2.53. The lowest BCUT2D eigenvalue weighted by molar-refractivity contribution is -0.118. The highest BCUT2D eigenvalue weighted by atomic mass is 16.5. The molecule has 0 atom stereocenters. The third kappa shape index (κ3) is 1.83. The second-order valence-corrected chi connectivity index (χ2v) is 4.57. The normalized spacial score (nSPS) is 13.4. The Morgan fingerprint density at radius 1 is 1.44 bits per heavy atom. The first-order valence-corrected chi connectivity index (χ1v) is 6.23. The highest BCUT2D eigenvalue weighted by molar-refractivity contribution is 5.86. The Bertz CT molecular complexity index is 601. The highest BCUT2D eigenvalue weighted by Gasteiger charge is 2.17. The second-order valence-electron chi connectivity index (χ2n) is 4.57. The molecule has 0 bridgehead atoms. The van der Waals surface area contributed by atoms with Crippen molar-refractivity contribution in [3.63, 3.8) is 0 Å². The van der Waals surface area contributed by atoms with E-state index >= 15 is 0 Å². The van der Waals surface area contributed by atoms with Crippen LogP contribution in [-0.2, 0) is 17.8 Å². The van der Waals surface area contributed by atoms with Gasteiger partial charge >= 0.3 is 0 Å². The summed E-state index contributed by atoms with van der Waals surface area (Å²) in [4.78, 5) is 10.9. The summed E-state index contributed by atoms with van der Waals surface area (Å²) in [6, 6.07) is 6.25. The van der Waals surface area contributed by atoms with Crippen LogP contribution < -0.4 is 10.1 Å². The van der Waals surface area contributed by atoms with Gasteiger partial charge in [-0.25, -0.2) is 0 Å². The van der Waals surface area contributed by atoms with E-state index in [1.807, 2.05) is 6.07 Å². The predicted octanol–water partition coefficient (Wildman–Crippen LogP) is 1.71. The van der Waals surface area contributed by atoms with Gasteiger partial charge in [0.2, 0.25) is 5.91 Å². The molecular weight excluding hydrogens is 228 g/mol. The number of carbonyl (C=O) groups excluding carboxylic acids is 1. The van der Waals surface area contributed by atoms with E-state index in [1.54, 1.807) is 6.92 Å². The second kappa shape index (κ2) is 4.37. The molecule has 0 saturated carbocycles. The Morgan fingerprint density at radius 3 is 3.17 bits per heavy atom. The smallest absolute Gasteiger partial charge is 0.216 e. The first kappa shape index (κ1) is 11.1. The minimum atomic E-state index is 0.0139. The van der Waals surface area contributed by atoms with Crippen molar-refractivity contribution in [2.75, 3.05) is 13.2 Å². The molecule has 18 heavy (non-hydrogen) atoms. The van der Waals surface area contributed by atoms with E-state index < -0.39 is 0 Å². The van der Waals surface area contributed by atoms with E-state index in [2.05, 4.69) is 28.2 Å². The molecule has 4 heteroatoms. The molecular formula is C14H16N2O2. The number of hydrogen-bond donors (Lipinski definition) is 1. The van der Waals surface area contributed by atoms with E-state index in [0.29, 0.717) is 6.54 Å². The van der Waals surface area contributed by atoms with E-state index in [4.69, 9.17) is 4.74 Å². The molecule has 0 spiro atoms. The molecule has 0 unspecified atom stereocenters. The molecule has 4 nitrogen and oxygen atoms in total. The topological polar surface area (TPSA) is 43.3 Å². The van der Waals surface area contributed by atoms with Crippen molar-refractivity contribution in [2.24, 2.45) is 0 Å². The quantitative estimate of drug-likeness (QED) is 0.893. The molecule has 2 heterocycles. The molecule has 94 valence electrons. The number of hydrogen-bond acceptors (Lipinski definition) is 2. The van der Waals surface area contributed by atoms with Gasteiger partial charge in [0.05, 0.1) is 12.1 Å². The first-order valence-electron chi connectivity index (χ1n) is 6.23. The molecule has 1 aliphatic heterocycles. The summed E-state index contributed by atoms with van der Waals surface area (Å²) in [5.41, 5.74) is 2.54. The molecule has 1 aromatic heterocycles. The molecule has 1 amide bonds. The van der Waals surface area contributed by atoms with Gasteiger partial charge in [0, 0.05) is 43.6 Å². The van der Waals surface area contributed by atoms with Gasteiger partial charge in [0.15, 0.2) is 0 Å². The summed E-state index contributed by atoms with van der Waals surface area (Å²) in [5, 5.41) is 4.06. The summed E-state index contributed by atoms with van der Waals surface area (Å²) in [7, 11) is 0. The van der Waals surface area contributed by atoms with Gasteiger partial charge in [-0.1, -0.05) is 0 Å². The number of carbonyl (C=O) groups is 1. The average molecular weight is 244 g/mol. The lowest BCUT2D eigenvalue weighted by Crippen LogP contribution is -2.24. The predicted molar refractivity (Wildman–Crippen MR) is 69.8 cm³/mol. The number of rotatable bonds is 3. The van der Waals surface area contributed by atoms with Gasteiger partial charge in [-0.2, -0.15) is 0 Å². The standard InChI is InChI=1S/C14H16N2O2/c1-10(17)15-6-8-16-7-4-11-2-3-13-12(14(11)16)5-9-18-13/h2-4,7H,5-6,8-9H2,1H3,(H,15,17). The third-order valence-corrected chi connectivity index (χ3v) is 3.33. The van der Waals surface area contributed by atoms with Gasteiger partial charge < -0.3 is 14.6 Å². The maximum atomic E-state index is 10.9. The fourth-order valence-electron chi connectivity index (χ4n) is 2.53. The van der Waals surface area contributed by atoms with Crippen LogP contribution in [0.4, 0.5) is 0 Å². The summed E-state index contributed by atoms with van der Waals surface area (Å²) in [5.74, 6) is 1.02. The van der Waals surface area contributed by atoms with Gasteiger partial charge in [-0.05, 0) is 18.2 Å². The molecule has 0 aliphatic carbocycles. The van der Waals surface area contributed by atoms with Gasteiger partial charge in [-0.15, -0.1) is 0 Å².